The summed E-state index contributed by atoms with van der Waals surface area (Å²) < 4.78 is 21.9. The molecule has 0 radical (unpaired) electrons. The lowest BCUT2D eigenvalue weighted by Crippen LogP contribution is -2.25. The molecule has 1 saturated carbocycles. The van der Waals surface area contributed by atoms with Gasteiger partial charge in [-0.25, -0.2) is 18.7 Å². The zero-order valence-electron chi connectivity index (χ0n) is 17.2. The minimum absolute atomic E-state index is 0.181. The van der Waals surface area contributed by atoms with Gasteiger partial charge in [-0.3, -0.25) is 0 Å². The van der Waals surface area contributed by atoms with Crippen molar-refractivity contribution in [1.82, 2.24) is 14.5 Å². The first-order valence-electron chi connectivity index (χ1n) is 10.1. The van der Waals surface area contributed by atoms with Gasteiger partial charge in [-0.1, -0.05) is 24.3 Å². The van der Waals surface area contributed by atoms with Crippen LogP contribution in [0.4, 0.5) is 10.2 Å². The van der Waals surface area contributed by atoms with Crippen LogP contribution in [0.25, 0.3) is 16.0 Å². The van der Waals surface area contributed by atoms with Gasteiger partial charge < -0.3 is 9.64 Å². The van der Waals surface area contributed by atoms with Gasteiger partial charge in [-0.15, -0.1) is 11.3 Å². The number of rotatable bonds is 6. The molecular formula is C23H21FN4O2S. The highest BCUT2D eigenvalue weighted by atomic mass is 32.1. The normalized spacial score (nSPS) is 13.5. The summed E-state index contributed by atoms with van der Waals surface area (Å²) in [5, 5.41) is 1.05. The first-order chi connectivity index (χ1) is 15.0. The second-order valence-electron chi connectivity index (χ2n) is 7.82. The van der Waals surface area contributed by atoms with Crippen LogP contribution in [0.5, 0.6) is 5.75 Å². The lowest BCUT2D eigenvalue weighted by molar-refractivity contribution is 0.290. The number of thiazole rings is 1. The zero-order valence-corrected chi connectivity index (χ0v) is 18.0. The van der Waals surface area contributed by atoms with Crippen LogP contribution in [0.1, 0.15) is 29.3 Å². The van der Waals surface area contributed by atoms with E-state index < -0.39 is 5.82 Å². The number of aromatic nitrogens is 3. The van der Waals surface area contributed by atoms with E-state index in [-0.39, 0.29) is 18.0 Å². The number of benzene rings is 2. The summed E-state index contributed by atoms with van der Waals surface area (Å²) in [6, 6.07) is 13.7. The summed E-state index contributed by atoms with van der Waals surface area (Å²) in [7, 11) is 3.76. The van der Waals surface area contributed by atoms with Gasteiger partial charge >= 0.3 is 5.69 Å². The van der Waals surface area contributed by atoms with Crippen LogP contribution in [0.2, 0.25) is 0 Å². The van der Waals surface area contributed by atoms with Crippen molar-refractivity contribution in [1.29, 1.82) is 0 Å². The number of ether oxygens (including phenoxy) is 1. The van der Waals surface area contributed by atoms with Crippen molar-refractivity contribution in [2.24, 2.45) is 0 Å². The predicted octanol–water partition coefficient (Wildman–Crippen LogP) is 4.50. The third kappa shape index (κ3) is 3.79. The number of hydrogen-bond acceptors (Lipinski definition) is 6. The molecule has 4 aromatic rings. The maximum atomic E-state index is 13.8. The summed E-state index contributed by atoms with van der Waals surface area (Å²) >= 11 is 1.61. The van der Waals surface area contributed by atoms with E-state index in [1.165, 1.54) is 6.07 Å². The Morgan fingerprint density at radius 3 is 2.71 bits per heavy atom. The van der Waals surface area contributed by atoms with Crippen molar-refractivity contribution >= 4 is 27.5 Å². The van der Waals surface area contributed by atoms with Crippen molar-refractivity contribution in [3.05, 3.63) is 75.4 Å². The smallest absolute Gasteiger partial charge is 0.355 e. The molecule has 2 heterocycles. The highest BCUT2D eigenvalue weighted by Gasteiger charge is 2.29. The molecule has 31 heavy (non-hydrogen) atoms. The molecule has 5 rings (SSSR count). The van der Waals surface area contributed by atoms with E-state index in [2.05, 4.69) is 4.98 Å². The molecule has 6 nitrogen and oxygen atoms in total. The quantitative estimate of drug-likeness (QED) is 0.445. The number of hydrogen-bond donors (Lipinski definition) is 0. The summed E-state index contributed by atoms with van der Waals surface area (Å²) in [6.07, 6.45) is 2.27. The minimum atomic E-state index is -0.407. The lowest BCUT2D eigenvalue weighted by Gasteiger charge is -2.14. The number of para-hydroxylation sites is 1. The Kier molecular flexibility index (Phi) is 4.94. The van der Waals surface area contributed by atoms with E-state index in [1.54, 1.807) is 34.1 Å². The fourth-order valence-electron chi connectivity index (χ4n) is 3.46. The second-order valence-corrected chi connectivity index (χ2v) is 8.85. The monoisotopic (exact) mass is 436 g/mol. The number of nitrogens with zero attached hydrogens (tertiary/aromatic N) is 4. The van der Waals surface area contributed by atoms with Crippen molar-refractivity contribution in [2.75, 3.05) is 19.0 Å². The van der Waals surface area contributed by atoms with Gasteiger partial charge in [0.1, 0.15) is 11.3 Å². The minimum Gasteiger partial charge on any atom is -0.486 e. The van der Waals surface area contributed by atoms with Crippen LogP contribution in [-0.2, 0) is 6.61 Å². The molecule has 0 saturated heterocycles. The topological polar surface area (TPSA) is 60.2 Å². The summed E-state index contributed by atoms with van der Waals surface area (Å²) in [4.78, 5) is 24.0. The largest absolute Gasteiger partial charge is 0.486 e. The third-order valence-corrected chi connectivity index (χ3v) is 6.39. The van der Waals surface area contributed by atoms with E-state index in [0.717, 1.165) is 28.1 Å². The highest BCUT2D eigenvalue weighted by Crippen LogP contribution is 2.44. The van der Waals surface area contributed by atoms with Crippen molar-refractivity contribution in [3.8, 4) is 11.4 Å². The molecule has 0 aliphatic heterocycles. The van der Waals surface area contributed by atoms with Crippen LogP contribution < -0.4 is 15.3 Å². The van der Waals surface area contributed by atoms with Gasteiger partial charge in [0.15, 0.2) is 23.0 Å². The van der Waals surface area contributed by atoms with E-state index >= 15 is 0 Å². The van der Waals surface area contributed by atoms with Gasteiger partial charge in [-0.05, 0) is 42.7 Å². The highest BCUT2D eigenvalue weighted by molar-refractivity contribution is 7.19. The number of fused-ring (bicyclic) bond motifs is 1. The molecule has 1 fully saturated rings. The molecule has 1 aliphatic carbocycles. The van der Waals surface area contributed by atoms with E-state index in [1.807, 2.05) is 43.3 Å². The fourth-order valence-corrected chi connectivity index (χ4v) is 4.75. The molecule has 2 aromatic carbocycles. The molecular weight excluding hydrogens is 415 g/mol. The first kappa shape index (κ1) is 19.7. The van der Waals surface area contributed by atoms with Crippen molar-refractivity contribution < 1.29 is 9.13 Å². The standard InChI is InChI=1S/C23H21FN4O2S/c1-27(2)20-19-21(25-22(31-19)15-10-11-15)28(23(29)26-20)16-7-5-6-14(12-16)13-30-18-9-4-3-8-17(18)24/h3-9,12,15H,10-11,13H2,1-2H3. The lowest BCUT2D eigenvalue weighted by atomic mass is 10.2. The van der Waals surface area contributed by atoms with Crippen molar-refractivity contribution in [2.45, 2.75) is 25.4 Å². The van der Waals surface area contributed by atoms with Crippen LogP contribution in [0, 0.1) is 5.82 Å². The molecule has 0 atom stereocenters. The Balaban J connectivity index is 1.55. The van der Waals surface area contributed by atoms with Crippen LogP contribution in [0.3, 0.4) is 0 Å². The molecule has 8 heteroatoms. The van der Waals surface area contributed by atoms with Crippen molar-refractivity contribution in [3.63, 3.8) is 0 Å². The second kappa shape index (κ2) is 7.77. The van der Waals surface area contributed by atoms with Crippen LogP contribution in [-0.4, -0.2) is 28.6 Å². The maximum absolute atomic E-state index is 13.8. The Morgan fingerprint density at radius 2 is 1.97 bits per heavy atom. The Hall–Kier alpha value is -3.26. The first-order valence-corrected chi connectivity index (χ1v) is 10.9. The summed E-state index contributed by atoms with van der Waals surface area (Å²) in [5.74, 6) is 0.907. The fraction of sp³-hybridized carbons (Fsp3) is 0.261. The number of anilines is 1. The molecule has 0 spiro atoms. The number of halogens is 1. The Labute approximate surface area is 182 Å². The molecule has 0 amide bonds. The van der Waals surface area contributed by atoms with Crippen LogP contribution >= 0.6 is 11.3 Å². The SMILES string of the molecule is CN(C)c1nc(=O)n(-c2cccc(COc3ccccc3F)c2)c2nc(C3CC3)sc12. The van der Waals surface area contributed by atoms with E-state index in [9.17, 15) is 9.18 Å². The molecule has 0 bridgehead atoms. The predicted molar refractivity (Wildman–Crippen MR) is 120 cm³/mol. The van der Waals surface area contributed by atoms with Gasteiger partial charge in [0.25, 0.3) is 0 Å². The molecule has 1 aliphatic rings. The Morgan fingerprint density at radius 1 is 1.16 bits per heavy atom. The third-order valence-electron chi connectivity index (χ3n) is 5.18. The Bertz CT molecular complexity index is 1330. The van der Waals surface area contributed by atoms with E-state index in [0.29, 0.717) is 23.1 Å². The average Bonchev–Trinajstić information content (AvgIpc) is 3.52. The van der Waals surface area contributed by atoms with Gasteiger partial charge in [0.2, 0.25) is 0 Å². The zero-order chi connectivity index (χ0) is 21.5. The van der Waals surface area contributed by atoms with Gasteiger partial charge in [-0.2, -0.15) is 4.98 Å². The maximum Gasteiger partial charge on any atom is 0.355 e. The van der Waals surface area contributed by atoms with E-state index in [4.69, 9.17) is 9.72 Å². The molecule has 2 aromatic heterocycles. The average molecular weight is 437 g/mol. The summed E-state index contributed by atoms with van der Waals surface area (Å²) in [5.41, 5.74) is 1.73. The van der Waals surface area contributed by atoms with Gasteiger partial charge in [0, 0.05) is 20.0 Å². The molecule has 0 N–H and O–H groups in total. The summed E-state index contributed by atoms with van der Waals surface area (Å²) in [6.45, 7) is 0.181. The molecule has 0 unspecified atom stereocenters. The van der Waals surface area contributed by atoms with Gasteiger partial charge in [0.05, 0.1) is 10.7 Å². The van der Waals surface area contributed by atoms with Crippen LogP contribution in [0.15, 0.2) is 53.3 Å². The molecule has 158 valence electrons.